The summed E-state index contributed by atoms with van der Waals surface area (Å²) in [7, 11) is 0. The predicted octanol–water partition coefficient (Wildman–Crippen LogP) is 2.76. The second-order valence-corrected chi connectivity index (χ2v) is 6.85. The lowest BCUT2D eigenvalue weighted by Gasteiger charge is -2.36. The molecule has 0 saturated heterocycles. The molecule has 0 aromatic heterocycles. The number of carboxylic acids is 1. The monoisotopic (exact) mass is 403 g/mol. The number of aliphatic carboxylic acids is 1. The third-order valence-corrected chi connectivity index (χ3v) is 5.01. The summed E-state index contributed by atoms with van der Waals surface area (Å²) in [6, 6.07) is 4.57. The summed E-state index contributed by atoms with van der Waals surface area (Å²) in [5.74, 6) is -0.947. The molecule has 1 fully saturated rings. The zero-order chi connectivity index (χ0) is 15.6. The molecule has 2 rings (SSSR count). The number of halogens is 1. The molecule has 0 spiro atoms. The van der Waals surface area contributed by atoms with E-state index in [1.165, 1.54) is 6.07 Å². The van der Waals surface area contributed by atoms with E-state index < -0.39 is 17.4 Å². The fourth-order valence-corrected chi connectivity index (χ4v) is 2.93. The molecule has 21 heavy (non-hydrogen) atoms. The van der Waals surface area contributed by atoms with Gasteiger partial charge in [0.1, 0.15) is 11.3 Å². The maximum Gasteiger partial charge on any atom is 0.329 e. The van der Waals surface area contributed by atoms with Crippen molar-refractivity contribution in [3.05, 3.63) is 27.3 Å². The molecule has 0 heterocycles. The largest absolute Gasteiger partial charge is 0.507 e. The van der Waals surface area contributed by atoms with E-state index in [9.17, 15) is 19.8 Å². The maximum absolute atomic E-state index is 12.3. The van der Waals surface area contributed by atoms with Crippen LogP contribution in [0.15, 0.2) is 18.2 Å². The van der Waals surface area contributed by atoms with E-state index in [0.29, 0.717) is 22.3 Å². The predicted molar refractivity (Wildman–Crippen MR) is 86.3 cm³/mol. The molecule has 0 unspecified atom stereocenters. The van der Waals surface area contributed by atoms with Gasteiger partial charge in [-0.05, 0) is 72.4 Å². The number of hydrogen-bond acceptors (Lipinski definition) is 3. The molecule has 0 bridgehead atoms. The van der Waals surface area contributed by atoms with Crippen LogP contribution in [0.2, 0.25) is 0 Å². The van der Waals surface area contributed by atoms with Crippen LogP contribution in [0.25, 0.3) is 0 Å². The van der Waals surface area contributed by atoms with Crippen molar-refractivity contribution in [1.82, 2.24) is 5.32 Å². The van der Waals surface area contributed by atoms with Crippen LogP contribution < -0.4 is 5.32 Å². The number of benzene rings is 1. The van der Waals surface area contributed by atoms with Crippen LogP contribution in [0, 0.1) is 9.49 Å². The van der Waals surface area contributed by atoms with Crippen LogP contribution in [-0.4, -0.2) is 27.6 Å². The van der Waals surface area contributed by atoms with Crippen molar-refractivity contribution < 1.29 is 19.8 Å². The number of amides is 1. The average Bonchev–Trinajstić information content (AvgIpc) is 2.44. The van der Waals surface area contributed by atoms with Crippen LogP contribution in [0.4, 0.5) is 0 Å². The Balaban J connectivity index is 2.19. The van der Waals surface area contributed by atoms with Crippen molar-refractivity contribution in [3.63, 3.8) is 0 Å². The van der Waals surface area contributed by atoms with Crippen molar-refractivity contribution >= 4 is 34.5 Å². The molecule has 3 N–H and O–H groups in total. The van der Waals surface area contributed by atoms with E-state index >= 15 is 0 Å². The lowest BCUT2D eigenvalue weighted by atomic mass is 9.77. The SMILES string of the molecule is CC1CCC(NC(=O)c2ccc(I)c(O)c2)(C(=O)O)CC1. The van der Waals surface area contributed by atoms with Crippen LogP contribution >= 0.6 is 22.6 Å². The van der Waals surface area contributed by atoms with Gasteiger partial charge in [0.05, 0.1) is 3.57 Å². The van der Waals surface area contributed by atoms with E-state index in [4.69, 9.17) is 0 Å². The van der Waals surface area contributed by atoms with Gasteiger partial charge in [-0.2, -0.15) is 0 Å². The quantitative estimate of drug-likeness (QED) is 0.678. The minimum absolute atomic E-state index is 0.0184. The summed E-state index contributed by atoms with van der Waals surface area (Å²) in [5, 5.41) is 21.8. The van der Waals surface area contributed by atoms with E-state index in [1.54, 1.807) is 12.1 Å². The minimum Gasteiger partial charge on any atom is -0.507 e. The second-order valence-electron chi connectivity index (χ2n) is 5.69. The van der Waals surface area contributed by atoms with Crippen LogP contribution in [0.3, 0.4) is 0 Å². The zero-order valence-corrected chi connectivity index (χ0v) is 13.9. The highest BCUT2D eigenvalue weighted by atomic mass is 127. The first-order chi connectivity index (χ1) is 9.84. The first-order valence-electron chi connectivity index (χ1n) is 6.88. The molecule has 1 aliphatic carbocycles. The Bertz CT molecular complexity index is 565. The Morgan fingerprint density at radius 1 is 1.33 bits per heavy atom. The summed E-state index contributed by atoms with van der Waals surface area (Å²) < 4.78 is 0.642. The van der Waals surface area contributed by atoms with Crippen molar-refractivity contribution in [3.8, 4) is 5.75 Å². The molecule has 0 aliphatic heterocycles. The zero-order valence-electron chi connectivity index (χ0n) is 11.7. The van der Waals surface area contributed by atoms with E-state index in [2.05, 4.69) is 12.2 Å². The Morgan fingerprint density at radius 2 is 1.95 bits per heavy atom. The first kappa shape index (κ1) is 16.1. The Hall–Kier alpha value is -1.31. The van der Waals surface area contributed by atoms with Gasteiger partial charge in [0, 0.05) is 5.56 Å². The highest BCUT2D eigenvalue weighted by Gasteiger charge is 2.42. The summed E-state index contributed by atoms with van der Waals surface area (Å²) in [5.41, 5.74) is -0.922. The molecule has 1 amide bonds. The molecule has 1 aromatic rings. The second kappa shape index (κ2) is 6.21. The molecule has 0 atom stereocenters. The van der Waals surface area contributed by atoms with Gasteiger partial charge in [0.25, 0.3) is 5.91 Å². The number of rotatable bonds is 3. The number of nitrogens with one attached hydrogen (secondary N) is 1. The van der Waals surface area contributed by atoms with Gasteiger partial charge in [0.2, 0.25) is 0 Å². The fourth-order valence-electron chi connectivity index (χ4n) is 2.59. The number of carboxylic acid groups (broad SMARTS) is 1. The third-order valence-electron chi connectivity index (χ3n) is 4.10. The summed E-state index contributed by atoms with van der Waals surface area (Å²) in [6.45, 7) is 2.09. The summed E-state index contributed by atoms with van der Waals surface area (Å²) in [6.07, 6.45) is 2.44. The maximum atomic E-state index is 12.3. The van der Waals surface area contributed by atoms with Gasteiger partial charge >= 0.3 is 5.97 Å². The van der Waals surface area contributed by atoms with Crippen LogP contribution in [0.5, 0.6) is 5.75 Å². The highest BCUT2D eigenvalue weighted by Crippen LogP contribution is 2.32. The third kappa shape index (κ3) is 3.48. The standard InChI is InChI=1S/C15H18INO4/c1-9-4-6-15(7-5-9,14(20)21)17-13(19)10-2-3-11(16)12(18)8-10/h2-3,8-9,18H,4-7H2,1H3,(H,17,19)(H,20,21). The topological polar surface area (TPSA) is 86.6 Å². The number of carbonyl (C=O) groups is 2. The molecular formula is C15H18INO4. The van der Waals surface area contributed by atoms with Crippen molar-refractivity contribution in [2.24, 2.45) is 5.92 Å². The minimum atomic E-state index is -1.19. The van der Waals surface area contributed by atoms with Crippen molar-refractivity contribution in [1.29, 1.82) is 0 Å². The van der Waals surface area contributed by atoms with Gasteiger partial charge in [-0.25, -0.2) is 4.79 Å². The van der Waals surface area contributed by atoms with Crippen LogP contribution in [0.1, 0.15) is 43.0 Å². The molecule has 5 nitrogen and oxygen atoms in total. The number of aromatic hydroxyl groups is 1. The highest BCUT2D eigenvalue weighted by molar-refractivity contribution is 14.1. The number of hydrogen-bond donors (Lipinski definition) is 3. The van der Waals surface area contributed by atoms with E-state index in [1.807, 2.05) is 22.6 Å². The molecule has 0 radical (unpaired) electrons. The molecule has 6 heteroatoms. The van der Waals surface area contributed by atoms with Gasteiger partial charge < -0.3 is 15.5 Å². The number of phenolic OH excluding ortho intramolecular Hbond substituents is 1. The average molecular weight is 403 g/mol. The van der Waals surface area contributed by atoms with Gasteiger partial charge in [-0.1, -0.05) is 6.92 Å². The normalized spacial score (nSPS) is 25.3. The molecule has 1 aromatic carbocycles. The van der Waals surface area contributed by atoms with Crippen molar-refractivity contribution in [2.45, 2.75) is 38.1 Å². The van der Waals surface area contributed by atoms with E-state index in [-0.39, 0.29) is 11.3 Å². The van der Waals surface area contributed by atoms with Gasteiger partial charge in [0.15, 0.2) is 0 Å². The molecular weight excluding hydrogens is 385 g/mol. The molecule has 1 saturated carbocycles. The summed E-state index contributed by atoms with van der Waals surface area (Å²) >= 11 is 1.96. The van der Waals surface area contributed by atoms with Gasteiger partial charge in [-0.3, -0.25) is 4.79 Å². The Morgan fingerprint density at radius 3 is 2.48 bits per heavy atom. The number of carbonyl (C=O) groups excluding carboxylic acids is 1. The lowest BCUT2D eigenvalue weighted by Crippen LogP contribution is -2.56. The fraction of sp³-hybridized carbons (Fsp3) is 0.467. The van der Waals surface area contributed by atoms with Crippen LogP contribution in [-0.2, 0) is 4.79 Å². The Kier molecular flexibility index (Phi) is 4.75. The first-order valence-corrected chi connectivity index (χ1v) is 7.96. The van der Waals surface area contributed by atoms with Crippen molar-refractivity contribution in [2.75, 3.05) is 0 Å². The summed E-state index contributed by atoms with van der Waals surface area (Å²) in [4.78, 5) is 23.9. The Labute approximate surface area is 136 Å². The smallest absolute Gasteiger partial charge is 0.329 e. The molecule has 1 aliphatic rings. The van der Waals surface area contributed by atoms with E-state index in [0.717, 1.165) is 12.8 Å². The lowest BCUT2D eigenvalue weighted by molar-refractivity contribution is -0.146. The molecule has 114 valence electrons. The van der Waals surface area contributed by atoms with Gasteiger partial charge in [-0.15, -0.1) is 0 Å². The number of phenols is 1.